The van der Waals surface area contributed by atoms with Gasteiger partial charge in [0.25, 0.3) is 5.91 Å². The van der Waals surface area contributed by atoms with E-state index in [1.54, 1.807) is 40.7 Å². The van der Waals surface area contributed by atoms with Gasteiger partial charge in [0.05, 0.1) is 11.8 Å². The molecule has 0 aliphatic carbocycles. The molecule has 0 bridgehead atoms. The summed E-state index contributed by atoms with van der Waals surface area (Å²) in [5.74, 6) is -4.87. The van der Waals surface area contributed by atoms with Gasteiger partial charge in [0.1, 0.15) is 12.7 Å². The van der Waals surface area contributed by atoms with Crippen molar-refractivity contribution in [1.29, 1.82) is 0 Å². The van der Waals surface area contributed by atoms with Crippen molar-refractivity contribution in [3.05, 3.63) is 23.5 Å². The highest BCUT2D eigenvalue weighted by Crippen LogP contribution is 2.25. The minimum atomic E-state index is -1.37. The number of nitrogens with zero attached hydrogens (tertiary/aromatic N) is 1. The number of rotatable bonds is 7. The van der Waals surface area contributed by atoms with Crippen molar-refractivity contribution in [2.75, 3.05) is 6.61 Å². The number of ether oxygens (including phenoxy) is 4. The van der Waals surface area contributed by atoms with E-state index in [0.29, 0.717) is 5.56 Å². The molecule has 1 aliphatic rings. The lowest BCUT2D eigenvalue weighted by Gasteiger charge is -2.29. The molecule has 2 heterocycles. The second-order valence-corrected chi connectivity index (χ2v) is 8.50. The molecule has 1 amide bonds. The average molecular weight is 493 g/mol. The van der Waals surface area contributed by atoms with Crippen LogP contribution in [0.25, 0.3) is 0 Å². The summed E-state index contributed by atoms with van der Waals surface area (Å²) < 4.78 is 21.5. The summed E-state index contributed by atoms with van der Waals surface area (Å²) >= 11 is 0. The van der Waals surface area contributed by atoms with Crippen molar-refractivity contribution < 1.29 is 42.9 Å². The predicted molar refractivity (Wildman–Crippen MR) is 121 cm³/mol. The van der Waals surface area contributed by atoms with Crippen LogP contribution >= 0.6 is 0 Å². The first-order valence-corrected chi connectivity index (χ1v) is 11.5. The number of aromatic nitrogens is 1. The zero-order valence-corrected chi connectivity index (χ0v) is 20.8. The molecule has 0 spiro atoms. The van der Waals surface area contributed by atoms with Gasteiger partial charge in [-0.1, -0.05) is 27.7 Å². The number of pyridine rings is 1. The monoisotopic (exact) mass is 492 g/mol. The molecular weight excluding hydrogens is 460 g/mol. The van der Waals surface area contributed by atoms with Gasteiger partial charge in [-0.3, -0.25) is 19.2 Å². The number of carbonyl (C=O) groups is 5. The number of nitrogens with one attached hydrogen (secondary N) is 1. The SMILES string of the molecule is CCC(=O)Oc1c(C)ccnc1C(=O)N[C@H]1COC(=O)[C@H](CC)[C@@H](OC(=O)C(C)C)[C@H](C)OC1=O. The van der Waals surface area contributed by atoms with E-state index in [2.05, 4.69) is 10.3 Å². The van der Waals surface area contributed by atoms with E-state index in [9.17, 15) is 24.0 Å². The molecule has 192 valence electrons. The Morgan fingerprint density at radius 3 is 2.49 bits per heavy atom. The third kappa shape index (κ3) is 7.00. The molecule has 11 nitrogen and oxygen atoms in total. The van der Waals surface area contributed by atoms with Crippen molar-refractivity contribution in [2.45, 2.75) is 72.6 Å². The molecule has 1 aromatic heterocycles. The molecular formula is C24H32N2O9. The van der Waals surface area contributed by atoms with E-state index >= 15 is 0 Å². The summed E-state index contributed by atoms with van der Waals surface area (Å²) in [4.78, 5) is 66.6. The molecule has 35 heavy (non-hydrogen) atoms. The van der Waals surface area contributed by atoms with Crippen LogP contribution in [0.1, 0.15) is 63.5 Å². The van der Waals surface area contributed by atoms with Crippen LogP contribution in [-0.4, -0.2) is 59.6 Å². The van der Waals surface area contributed by atoms with E-state index in [0.717, 1.165) is 0 Å². The van der Waals surface area contributed by atoms with Crippen LogP contribution < -0.4 is 10.1 Å². The minimum absolute atomic E-state index is 0.0367. The Morgan fingerprint density at radius 2 is 1.89 bits per heavy atom. The molecule has 0 radical (unpaired) electrons. The number of aryl methyl sites for hydroxylation is 1. The molecule has 1 saturated heterocycles. The third-order valence-electron chi connectivity index (χ3n) is 5.43. The van der Waals surface area contributed by atoms with Crippen molar-refractivity contribution in [3.8, 4) is 5.75 Å². The maximum atomic E-state index is 13.0. The number of carbonyl (C=O) groups excluding carboxylic acids is 5. The number of cyclic esters (lactones) is 2. The Kier molecular flexibility index (Phi) is 9.73. The maximum absolute atomic E-state index is 13.0. The van der Waals surface area contributed by atoms with Crippen LogP contribution in [0, 0.1) is 18.8 Å². The van der Waals surface area contributed by atoms with Gasteiger partial charge >= 0.3 is 23.9 Å². The van der Waals surface area contributed by atoms with Crippen molar-refractivity contribution in [2.24, 2.45) is 11.8 Å². The fourth-order valence-corrected chi connectivity index (χ4v) is 3.33. The summed E-state index contributed by atoms with van der Waals surface area (Å²) in [6.07, 6.45) is -0.332. The fraction of sp³-hybridized carbons (Fsp3) is 0.583. The lowest BCUT2D eigenvalue weighted by Crippen LogP contribution is -2.47. The minimum Gasteiger partial charge on any atom is -0.463 e. The Hall–Kier alpha value is -3.50. The predicted octanol–water partition coefficient (Wildman–Crippen LogP) is 1.89. The van der Waals surface area contributed by atoms with E-state index in [1.807, 2.05) is 0 Å². The molecule has 1 N–H and O–H groups in total. The average Bonchev–Trinajstić information content (AvgIpc) is 2.84. The third-order valence-corrected chi connectivity index (χ3v) is 5.43. The number of hydrogen-bond donors (Lipinski definition) is 1. The molecule has 4 atom stereocenters. The first kappa shape index (κ1) is 27.7. The van der Waals surface area contributed by atoms with Crippen LogP contribution in [0.3, 0.4) is 0 Å². The Labute approximate surface area is 203 Å². The Balaban J connectivity index is 2.28. The van der Waals surface area contributed by atoms with Crippen LogP contribution in [0.5, 0.6) is 5.75 Å². The zero-order chi connectivity index (χ0) is 26.3. The quantitative estimate of drug-likeness (QED) is 0.442. The summed E-state index contributed by atoms with van der Waals surface area (Å²) in [6.45, 7) is 9.24. The van der Waals surface area contributed by atoms with Gasteiger partial charge in [-0.25, -0.2) is 9.78 Å². The van der Waals surface area contributed by atoms with Crippen molar-refractivity contribution in [3.63, 3.8) is 0 Å². The highest BCUT2D eigenvalue weighted by Gasteiger charge is 2.41. The van der Waals surface area contributed by atoms with Gasteiger partial charge in [0, 0.05) is 12.6 Å². The molecule has 0 saturated carbocycles. The maximum Gasteiger partial charge on any atom is 0.332 e. The van der Waals surface area contributed by atoms with Gasteiger partial charge in [-0.2, -0.15) is 0 Å². The first-order valence-electron chi connectivity index (χ1n) is 11.5. The van der Waals surface area contributed by atoms with Crippen LogP contribution in [0.4, 0.5) is 0 Å². The first-order chi connectivity index (χ1) is 16.5. The molecule has 1 aromatic rings. The van der Waals surface area contributed by atoms with Gasteiger partial charge in [-0.05, 0) is 31.9 Å². The van der Waals surface area contributed by atoms with E-state index in [4.69, 9.17) is 18.9 Å². The molecule has 1 fully saturated rings. The topological polar surface area (TPSA) is 147 Å². The second-order valence-electron chi connectivity index (χ2n) is 8.50. The fourth-order valence-electron chi connectivity index (χ4n) is 3.33. The van der Waals surface area contributed by atoms with E-state index in [1.165, 1.54) is 13.1 Å². The van der Waals surface area contributed by atoms with Crippen LogP contribution in [-0.2, 0) is 33.4 Å². The van der Waals surface area contributed by atoms with Crippen molar-refractivity contribution in [1.82, 2.24) is 10.3 Å². The van der Waals surface area contributed by atoms with E-state index in [-0.39, 0.29) is 24.3 Å². The summed E-state index contributed by atoms with van der Waals surface area (Å²) in [6, 6.07) is 0.193. The molecule has 2 rings (SSSR count). The number of amides is 1. The highest BCUT2D eigenvalue weighted by molar-refractivity contribution is 5.98. The lowest BCUT2D eigenvalue weighted by atomic mass is 9.95. The number of esters is 4. The summed E-state index contributed by atoms with van der Waals surface area (Å²) in [7, 11) is 0. The largest absolute Gasteiger partial charge is 0.463 e. The molecule has 1 aliphatic heterocycles. The van der Waals surface area contributed by atoms with Gasteiger partial charge < -0.3 is 24.3 Å². The standard InChI is InChI=1S/C24H32N2O9/c1-7-15-20(35-22(29)12(3)4)14(6)33-24(31)16(11-32-23(15)30)26-21(28)18-19(34-17(27)8-2)13(5)9-10-25-18/h9-10,12,14-16,20H,7-8,11H2,1-6H3,(H,26,28)/t14-,15+,16-,20-/m0/s1. The Bertz CT molecular complexity index is 976. The highest BCUT2D eigenvalue weighted by atomic mass is 16.6. The van der Waals surface area contributed by atoms with Crippen LogP contribution in [0.15, 0.2) is 12.3 Å². The normalized spacial score (nSPS) is 22.7. The van der Waals surface area contributed by atoms with Gasteiger partial charge in [0.15, 0.2) is 23.6 Å². The lowest BCUT2D eigenvalue weighted by molar-refractivity contribution is -0.176. The van der Waals surface area contributed by atoms with Crippen molar-refractivity contribution >= 4 is 29.8 Å². The van der Waals surface area contributed by atoms with Gasteiger partial charge in [-0.15, -0.1) is 0 Å². The van der Waals surface area contributed by atoms with Gasteiger partial charge in [0.2, 0.25) is 0 Å². The summed E-state index contributed by atoms with van der Waals surface area (Å²) in [5, 5.41) is 2.43. The smallest absolute Gasteiger partial charge is 0.332 e. The second kappa shape index (κ2) is 12.3. The zero-order valence-electron chi connectivity index (χ0n) is 20.8. The molecule has 0 unspecified atom stereocenters. The van der Waals surface area contributed by atoms with Crippen LogP contribution in [0.2, 0.25) is 0 Å². The molecule has 0 aromatic carbocycles. The summed E-state index contributed by atoms with van der Waals surface area (Å²) in [5.41, 5.74) is 0.277. The molecule has 11 heteroatoms. The number of hydrogen-bond acceptors (Lipinski definition) is 10. The Morgan fingerprint density at radius 1 is 1.20 bits per heavy atom. The van der Waals surface area contributed by atoms with E-state index < -0.39 is 66.5 Å².